The molecule has 2 aromatic heterocycles. The molecule has 96 valence electrons. The molecule has 3 rings (SSSR count). The minimum Gasteiger partial charge on any atom is -0.324 e. The Morgan fingerprint density at radius 1 is 1.11 bits per heavy atom. The summed E-state index contributed by atoms with van der Waals surface area (Å²) < 4.78 is 1.90. The average molecular weight is 253 g/mol. The molecule has 1 atom stereocenters. The van der Waals surface area contributed by atoms with Crippen LogP contribution in [0.4, 0.5) is 0 Å². The van der Waals surface area contributed by atoms with Crippen LogP contribution in [-0.4, -0.2) is 19.6 Å². The zero-order valence-corrected chi connectivity index (χ0v) is 10.5. The average Bonchev–Trinajstić information content (AvgIpc) is 2.89. The van der Waals surface area contributed by atoms with Crippen LogP contribution in [-0.2, 0) is 6.42 Å². The molecule has 5 nitrogen and oxygen atoms in total. The number of hydrogen-bond acceptors (Lipinski definition) is 4. The molecule has 0 radical (unpaired) electrons. The molecular formula is C14H15N5. The zero-order valence-electron chi connectivity index (χ0n) is 10.5. The smallest absolute Gasteiger partial charge is 0.254 e. The summed E-state index contributed by atoms with van der Waals surface area (Å²) >= 11 is 0. The van der Waals surface area contributed by atoms with Gasteiger partial charge in [0.05, 0.1) is 0 Å². The minimum atomic E-state index is 0.0187. The molecule has 0 saturated heterocycles. The van der Waals surface area contributed by atoms with Gasteiger partial charge in [-0.2, -0.15) is 0 Å². The van der Waals surface area contributed by atoms with Gasteiger partial charge < -0.3 is 5.73 Å². The lowest BCUT2D eigenvalue weighted by Crippen LogP contribution is -2.12. The lowest BCUT2D eigenvalue weighted by Gasteiger charge is -2.10. The molecule has 0 aliphatic rings. The fraction of sp³-hybridized carbons (Fsp3) is 0.214. The first-order valence-corrected chi connectivity index (χ1v) is 6.30. The summed E-state index contributed by atoms with van der Waals surface area (Å²) in [6, 6.07) is 12.0. The van der Waals surface area contributed by atoms with Crippen molar-refractivity contribution in [2.45, 2.75) is 18.9 Å². The van der Waals surface area contributed by atoms with E-state index in [1.165, 1.54) is 0 Å². The van der Waals surface area contributed by atoms with Crippen LogP contribution in [0.15, 0.2) is 48.8 Å². The Labute approximate surface area is 111 Å². The maximum atomic E-state index is 6.18. The van der Waals surface area contributed by atoms with E-state index < -0.39 is 0 Å². The maximum Gasteiger partial charge on any atom is 0.254 e. The van der Waals surface area contributed by atoms with Gasteiger partial charge in [-0.3, -0.25) is 4.40 Å². The van der Waals surface area contributed by atoms with E-state index in [9.17, 15) is 0 Å². The second kappa shape index (κ2) is 5.16. The fourth-order valence-electron chi connectivity index (χ4n) is 2.11. The molecule has 0 saturated carbocycles. The van der Waals surface area contributed by atoms with Gasteiger partial charge in [-0.05, 0) is 18.1 Å². The number of aromatic nitrogens is 4. The summed E-state index contributed by atoms with van der Waals surface area (Å²) in [6.45, 7) is 0. The van der Waals surface area contributed by atoms with Crippen LogP contribution in [0.3, 0.4) is 0 Å². The first-order chi connectivity index (χ1) is 9.34. The Balaban J connectivity index is 1.73. The summed E-state index contributed by atoms with van der Waals surface area (Å²) in [5, 5.41) is 8.19. The predicted molar refractivity (Wildman–Crippen MR) is 72.5 cm³/mol. The highest BCUT2D eigenvalue weighted by atomic mass is 15.3. The normalized spacial score (nSPS) is 12.7. The van der Waals surface area contributed by atoms with Crippen LogP contribution in [0.25, 0.3) is 5.78 Å². The number of fused-ring (bicyclic) bond motifs is 1. The number of benzene rings is 1. The molecule has 19 heavy (non-hydrogen) atoms. The van der Waals surface area contributed by atoms with Crippen LogP contribution in [0, 0.1) is 0 Å². The Hall–Kier alpha value is -2.27. The molecule has 1 aromatic carbocycles. The third kappa shape index (κ3) is 2.46. The molecule has 0 aliphatic heterocycles. The molecule has 0 bridgehead atoms. The second-order valence-corrected chi connectivity index (χ2v) is 4.46. The third-order valence-electron chi connectivity index (χ3n) is 3.17. The molecule has 0 fully saturated rings. The van der Waals surface area contributed by atoms with E-state index in [0.29, 0.717) is 5.78 Å². The summed E-state index contributed by atoms with van der Waals surface area (Å²) in [5.41, 5.74) is 7.33. The van der Waals surface area contributed by atoms with Gasteiger partial charge in [-0.25, -0.2) is 4.98 Å². The van der Waals surface area contributed by atoms with E-state index in [4.69, 9.17) is 5.73 Å². The zero-order chi connectivity index (χ0) is 13.1. The Morgan fingerprint density at radius 3 is 2.79 bits per heavy atom. The van der Waals surface area contributed by atoms with E-state index >= 15 is 0 Å². The van der Waals surface area contributed by atoms with E-state index in [-0.39, 0.29) is 6.04 Å². The monoisotopic (exact) mass is 253 g/mol. The number of nitrogens with two attached hydrogens (primary N) is 1. The van der Waals surface area contributed by atoms with Gasteiger partial charge in [0.2, 0.25) is 0 Å². The largest absolute Gasteiger partial charge is 0.324 e. The molecule has 0 aliphatic carbocycles. The molecule has 5 heteroatoms. The highest BCUT2D eigenvalue weighted by Gasteiger charge is 2.09. The summed E-state index contributed by atoms with van der Waals surface area (Å²) in [6.07, 6.45) is 5.25. The Kier molecular flexibility index (Phi) is 3.20. The van der Waals surface area contributed by atoms with Crippen molar-refractivity contribution in [3.05, 3.63) is 60.2 Å². The predicted octanol–water partition coefficient (Wildman–Crippen LogP) is 1.76. The Morgan fingerprint density at radius 2 is 1.95 bits per heavy atom. The van der Waals surface area contributed by atoms with Crippen LogP contribution < -0.4 is 5.73 Å². The molecular weight excluding hydrogens is 238 g/mol. The number of hydrogen-bond donors (Lipinski definition) is 1. The quantitative estimate of drug-likeness (QED) is 0.769. The van der Waals surface area contributed by atoms with Crippen molar-refractivity contribution in [1.29, 1.82) is 0 Å². The summed E-state index contributed by atoms with van der Waals surface area (Å²) in [4.78, 5) is 4.15. The summed E-state index contributed by atoms with van der Waals surface area (Å²) in [5.74, 6) is 1.53. The molecule has 2 N–H and O–H groups in total. The minimum absolute atomic E-state index is 0.0187. The van der Waals surface area contributed by atoms with Crippen LogP contribution >= 0.6 is 0 Å². The third-order valence-corrected chi connectivity index (χ3v) is 3.17. The van der Waals surface area contributed by atoms with E-state index in [1.54, 1.807) is 6.20 Å². The van der Waals surface area contributed by atoms with Crippen molar-refractivity contribution in [3.8, 4) is 0 Å². The standard InChI is InChI=1S/C14H15N5/c15-12(11-5-2-1-3-6-11)7-8-13-17-18-14-16-9-4-10-19(13)14/h1-6,9-10,12H,7-8,15H2. The second-order valence-electron chi connectivity index (χ2n) is 4.46. The molecule has 1 unspecified atom stereocenters. The van der Waals surface area contributed by atoms with Gasteiger partial charge >= 0.3 is 0 Å². The van der Waals surface area contributed by atoms with E-state index in [1.807, 2.05) is 47.0 Å². The number of nitrogens with zero attached hydrogens (tertiary/aromatic N) is 4. The van der Waals surface area contributed by atoms with E-state index in [2.05, 4.69) is 15.2 Å². The fourth-order valence-corrected chi connectivity index (χ4v) is 2.11. The van der Waals surface area contributed by atoms with Gasteiger partial charge in [-0.15, -0.1) is 10.2 Å². The van der Waals surface area contributed by atoms with Crippen molar-refractivity contribution in [3.63, 3.8) is 0 Å². The van der Waals surface area contributed by atoms with Gasteiger partial charge in [-0.1, -0.05) is 30.3 Å². The molecule has 0 spiro atoms. The van der Waals surface area contributed by atoms with Crippen molar-refractivity contribution in [1.82, 2.24) is 19.6 Å². The van der Waals surface area contributed by atoms with Gasteiger partial charge in [0, 0.05) is 24.9 Å². The van der Waals surface area contributed by atoms with Crippen LogP contribution in [0.5, 0.6) is 0 Å². The first-order valence-electron chi connectivity index (χ1n) is 6.30. The van der Waals surface area contributed by atoms with Gasteiger partial charge in [0.25, 0.3) is 5.78 Å². The maximum absolute atomic E-state index is 6.18. The van der Waals surface area contributed by atoms with Crippen molar-refractivity contribution >= 4 is 5.78 Å². The first kappa shape index (κ1) is 11.8. The topological polar surface area (TPSA) is 69.1 Å². The summed E-state index contributed by atoms with van der Waals surface area (Å²) in [7, 11) is 0. The lowest BCUT2D eigenvalue weighted by atomic mass is 10.0. The van der Waals surface area contributed by atoms with Crippen molar-refractivity contribution < 1.29 is 0 Å². The number of rotatable bonds is 4. The highest BCUT2D eigenvalue weighted by Crippen LogP contribution is 2.15. The Bertz CT molecular complexity index is 662. The number of aryl methyl sites for hydroxylation is 1. The van der Waals surface area contributed by atoms with Crippen molar-refractivity contribution in [2.24, 2.45) is 5.73 Å². The van der Waals surface area contributed by atoms with Gasteiger partial charge in [0.15, 0.2) is 0 Å². The molecule has 3 aromatic rings. The molecule has 0 amide bonds. The SMILES string of the molecule is NC(CCc1nnc2ncccn12)c1ccccc1. The molecule has 2 heterocycles. The van der Waals surface area contributed by atoms with Crippen LogP contribution in [0.2, 0.25) is 0 Å². The van der Waals surface area contributed by atoms with E-state index in [0.717, 1.165) is 24.2 Å². The van der Waals surface area contributed by atoms with Crippen molar-refractivity contribution in [2.75, 3.05) is 0 Å². The highest BCUT2D eigenvalue weighted by molar-refractivity contribution is 5.26. The van der Waals surface area contributed by atoms with Crippen LogP contribution in [0.1, 0.15) is 23.9 Å². The lowest BCUT2D eigenvalue weighted by molar-refractivity contribution is 0.631. The van der Waals surface area contributed by atoms with Gasteiger partial charge in [0.1, 0.15) is 5.82 Å².